The van der Waals surface area contributed by atoms with Crippen LogP contribution in [0.4, 0.5) is 4.79 Å². The van der Waals surface area contributed by atoms with Gasteiger partial charge in [-0.15, -0.1) is 0 Å². The molecule has 0 bridgehead atoms. The molecule has 0 atom stereocenters. The predicted octanol–water partition coefficient (Wildman–Crippen LogP) is -0.0262. The average Bonchev–Trinajstić information content (AvgIpc) is 2.10. The van der Waals surface area contributed by atoms with Crippen LogP contribution in [0.1, 0.15) is 20.8 Å². The van der Waals surface area contributed by atoms with Crippen LogP contribution in [0.5, 0.6) is 0 Å². The summed E-state index contributed by atoms with van der Waals surface area (Å²) in [6.07, 6.45) is -1.43. The van der Waals surface area contributed by atoms with Crippen molar-refractivity contribution in [2.75, 3.05) is 13.1 Å². The fourth-order valence-electron chi connectivity index (χ4n) is 0.949. The van der Waals surface area contributed by atoms with Crippen LogP contribution in [-0.2, 0) is 14.9 Å². The molecule has 0 saturated heterocycles. The molecule has 9 heteroatoms. The molecule has 0 aromatic rings. The third-order valence-corrected chi connectivity index (χ3v) is 3.20. The number of carbonyl (C=O) groups is 1. The van der Waals surface area contributed by atoms with Gasteiger partial charge in [0.25, 0.3) is 0 Å². The van der Waals surface area contributed by atoms with Crippen LogP contribution in [0.2, 0.25) is 0 Å². The number of rotatable bonds is 6. The highest BCUT2D eigenvalue weighted by atomic mass is 32.2. The molecule has 100 valence electrons. The van der Waals surface area contributed by atoms with Gasteiger partial charge in [0.2, 0.25) is 0 Å². The van der Waals surface area contributed by atoms with Gasteiger partial charge in [0.05, 0.1) is 17.6 Å². The lowest BCUT2D eigenvalue weighted by Crippen LogP contribution is -2.46. The number of nitrogens with two attached hydrogens (primary N) is 1. The van der Waals surface area contributed by atoms with Crippen molar-refractivity contribution in [3.05, 3.63) is 0 Å². The number of hydrogen-bond acceptors (Lipinski definition) is 5. The number of amides is 1. The van der Waals surface area contributed by atoms with Gasteiger partial charge in [-0.05, 0) is 13.8 Å². The molecular weight excluding hydrogens is 266 g/mol. The minimum Gasteiger partial charge on any atom is -0.446 e. The Bertz CT molecular complexity index is 380. The van der Waals surface area contributed by atoms with E-state index < -0.39 is 22.4 Å². The fourth-order valence-corrected chi connectivity index (χ4v) is 2.22. The van der Waals surface area contributed by atoms with Crippen LogP contribution in [0, 0.1) is 0 Å². The smallest absolute Gasteiger partial charge is 0.422 e. The fraction of sp³-hybridized carbons (Fsp3) is 0.750. The molecule has 0 aromatic carbocycles. The number of hydrogen-bond donors (Lipinski definition) is 2. The standard InChI is InChI=1S/C8H17N3O4S2/c1-4-11(5-7(9)16)17(13,14)10-8(12)15-6(2)3/h6H,4-5H2,1-3H3,(H2,9,16)(H,10,12). The highest BCUT2D eigenvalue weighted by Crippen LogP contribution is 1.99. The molecule has 0 radical (unpaired) electrons. The van der Waals surface area contributed by atoms with E-state index in [1.807, 2.05) is 0 Å². The van der Waals surface area contributed by atoms with Crippen LogP contribution in [-0.4, -0.2) is 43.0 Å². The maximum absolute atomic E-state index is 11.7. The van der Waals surface area contributed by atoms with Crippen molar-refractivity contribution in [2.45, 2.75) is 26.9 Å². The molecule has 1 amide bonds. The molecule has 0 aliphatic heterocycles. The van der Waals surface area contributed by atoms with E-state index in [9.17, 15) is 13.2 Å². The Morgan fingerprint density at radius 1 is 1.53 bits per heavy atom. The second kappa shape index (κ2) is 6.72. The third-order valence-electron chi connectivity index (χ3n) is 1.58. The Labute approximate surface area is 106 Å². The molecule has 0 aliphatic rings. The normalized spacial score (nSPS) is 11.6. The maximum atomic E-state index is 11.7. The molecule has 0 unspecified atom stereocenters. The Kier molecular flexibility index (Phi) is 6.35. The van der Waals surface area contributed by atoms with Gasteiger partial charge >= 0.3 is 16.3 Å². The Balaban J connectivity index is 4.64. The molecule has 0 saturated carbocycles. The summed E-state index contributed by atoms with van der Waals surface area (Å²) in [6, 6.07) is 0. The van der Waals surface area contributed by atoms with E-state index in [1.54, 1.807) is 25.5 Å². The SMILES string of the molecule is CCN(CC(N)=S)S(=O)(=O)NC(=O)OC(C)C. The number of carbonyl (C=O) groups excluding carboxylic acids is 1. The summed E-state index contributed by atoms with van der Waals surface area (Å²) in [5.41, 5.74) is 5.26. The van der Waals surface area contributed by atoms with Crippen LogP contribution in [0.25, 0.3) is 0 Å². The number of ether oxygens (including phenoxy) is 1. The average molecular weight is 283 g/mol. The molecule has 0 aromatic heterocycles. The second-order valence-electron chi connectivity index (χ2n) is 3.45. The molecule has 0 fully saturated rings. The Morgan fingerprint density at radius 2 is 2.06 bits per heavy atom. The summed E-state index contributed by atoms with van der Waals surface area (Å²) in [6.45, 7) is 4.83. The maximum Gasteiger partial charge on any atom is 0.422 e. The largest absolute Gasteiger partial charge is 0.446 e. The minimum absolute atomic E-state index is 0.0226. The first-order chi connectivity index (χ1) is 7.69. The van der Waals surface area contributed by atoms with Crippen molar-refractivity contribution >= 4 is 33.5 Å². The number of nitrogens with one attached hydrogen (secondary N) is 1. The van der Waals surface area contributed by atoms with Gasteiger partial charge in [-0.2, -0.15) is 12.7 Å². The zero-order chi connectivity index (χ0) is 13.6. The molecule has 7 nitrogen and oxygen atoms in total. The zero-order valence-electron chi connectivity index (χ0n) is 9.97. The Morgan fingerprint density at radius 3 is 2.41 bits per heavy atom. The quantitative estimate of drug-likeness (QED) is 0.664. The van der Waals surface area contributed by atoms with Gasteiger partial charge in [0.15, 0.2) is 0 Å². The van der Waals surface area contributed by atoms with E-state index >= 15 is 0 Å². The van der Waals surface area contributed by atoms with Crippen LogP contribution in [0.3, 0.4) is 0 Å². The van der Waals surface area contributed by atoms with E-state index in [4.69, 9.17) is 5.73 Å². The molecule has 0 heterocycles. The lowest BCUT2D eigenvalue weighted by atomic mass is 10.5. The molecule has 17 heavy (non-hydrogen) atoms. The topological polar surface area (TPSA) is 102 Å². The molecule has 0 aliphatic carbocycles. The monoisotopic (exact) mass is 283 g/mol. The molecule has 3 N–H and O–H groups in total. The van der Waals surface area contributed by atoms with Crippen molar-refractivity contribution in [1.82, 2.24) is 9.03 Å². The van der Waals surface area contributed by atoms with E-state index in [2.05, 4.69) is 17.0 Å². The molecule has 0 rings (SSSR count). The van der Waals surface area contributed by atoms with Crippen molar-refractivity contribution < 1.29 is 17.9 Å². The van der Waals surface area contributed by atoms with Crippen molar-refractivity contribution in [2.24, 2.45) is 5.73 Å². The van der Waals surface area contributed by atoms with E-state index in [0.717, 1.165) is 4.31 Å². The van der Waals surface area contributed by atoms with Gasteiger partial charge < -0.3 is 10.5 Å². The number of nitrogens with zero attached hydrogens (tertiary/aromatic N) is 1. The van der Waals surface area contributed by atoms with Crippen LogP contribution >= 0.6 is 12.2 Å². The zero-order valence-corrected chi connectivity index (χ0v) is 11.6. The van der Waals surface area contributed by atoms with Crippen molar-refractivity contribution in [3.63, 3.8) is 0 Å². The first kappa shape index (κ1) is 16.1. The van der Waals surface area contributed by atoms with Crippen LogP contribution in [0.15, 0.2) is 0 Å². The van der Waals surface area contributed by atoms with E-state index in [-0.39, 0.29) is 18.1 Å². The van der Waals surface area contributed by atoms with Crippen LogP contribution < -0.4 is 10.5 Å². The van der Waals surface area contributed by atoms with Gasteiger partial charge in [-0.25, -0.2) is 9.52 Å². The highest BCUT2D eigenvalue weighted by molar-refractivity contribution is 7.87. The van der Waals surface area contributed by atoms with Gasteiger partial charge in [0, 0.05) is 6.54 Å². The third kappa shape index (κ3) is 6.39. The first-order valence-electron chi connectivity index (χ1n) is 4.95. The van der Waals surface area contributed by atoms with E-state index in [0.29, 0.717) is 0 Å². The molecular formula is C8H17N3O4S2. The summed E-state index contributed by atoms with van der Waals surface area (Å²) in [5, 5.41) is 0. The second-order valence-corrected chi connectivity index (χ2v) is 5.65. The lowest BCUT2D eigenvalue weighted by molar-refractivity contribution is 0.121. The van der Waals surface area contributed by atoms with Gasteiger partial charge in [-0.3, -0.25) is 0 Å². The van der Waals surface area contributed by atoms with Gasteiger partial charge in [-0.1, -0.05) is 19.1 Å². The Hall–Kier alpha value is -0.930. The van der Waals surface area contributed by atoms with E-state index in [1.165, 1.54) is 0 Å². The summed E-state index contributed by atoms with van der Waals surface area (Å²) < 4.78 is 30.7. The summed E-state index contributed by atoms with van der Waals surface area (Å²) in [5.74, 6) is 0. The minimum atomic E-state index is -3.97. The first-order valence-corrected chi connectivity index (χ1v) is 6.80. The summed E-state index contributed by atoms with van der Waals surface area (Å²) in [4.78, 5) is 11.2. The predicted molar refractivity (Wildman–Crippen MR) is 67.7 cm³/mol. The van der Waals surface area contributed by atoms with Gasteiger partial charge in [0.1, 0.15) is 0 Å². The summed E-state index contributed by atoms with van der Waals surface area (Å²) >= 11 is 4.62. The number of likely N-dealkylation sites (N-methyl/N-ethyl adjacent to an activating group) is 1. The molecule has 0 spiro atoms. The highest BCUT2D eigenvalue weighted by Gasteiger charge is 2.24. The van der Waals surface area contributed by atoms with Crippen molar-refractivity contribution in [1.29, 1.82) is 0 Å². The number of thiocarbonyl (C=S) groups is 1. The van der Waals surface area contributed by atoms with Crippen molar-refractivity contribution in [3.8, 4) is 0 Å². The summed E-state index contributed by atoms with van der Waals surface area (Å²) in [7, 11) is -3.97. The lowest BCUT2D eigenvalue weighted by Gasteiger charge is -2.20.